The molecular weight excluding hydrogens is 290 g/mol. The fourth-order valence-electron chi connectivity index (χ4n) is 3.54. The zero-order chi connectivity index (χ0) is 12.8. The molecule has 18 heavy (non-hydrogen) atoms. The van der Waals surface area contributed by atoms with Crippen molar-refractivity contribution in [1.82, 2.24) is 4.90 Å². The number of carbonyl (C=O) groups is 1. The standard InChI is InChI=1S/C15H18BrNO/c1-2-14(18)17-9-8-15(10-17)7-6-11-12(15)4-3-5-13(11)16/h3-5H,2,6-10H2,1H3. The van der Waals surface area contributed by atoms with E-state index in [1.165, 1.54) is 22.0 Å². The average Bonchev–Trinajstić information content (AvgIpc) is 2.97. The van der Waals surface area contributed by atoms with Crippen LogP contribution in [0.2, 0.25) is 0 Å². The normalized spacial score (nSPS) is 25.8. The van der Waals surface area contributed by atoms with E-state index in [1.54, 1.807) is 0 Å². The molecule has 2 nitrogen and oxygen atoms in total. The predicted molar refractivity (Wildman–Crippen MR) is 75.6 cm³/mol. The lowest BCUT2D eigenvalue weighted by molar-refractivity contribution is -0.130. The van der Waals surface area contributed by atoms with Gasteiger partial charge in [0, 0.05) is 29.4 Å². The van der Waals surface area contributed by atoms with Crippen molar-refractivity contribution < 1.29 is 4.79 Å². The topological polar surface area (TPSA) is 20.3 Å². The fraction of sp³-hybridized carbons (Fsp3) is 0.533. The third kappa shape index (κ3) is 1.71. The van der Waals surface area contributed by atoms with Crippen molar-refractivity contribution in [2.75, 3.05) is 13.1 Å². The maximum Gasteiger partial charge on any atom is 0.222 e. The first-order chi connectivity index (χ1) is 8.66. The molecule has 0 aromatic heterocycles. The summed E-state index contributed by atoms with van der Waals surface area (Å²) in [7, 11) is 0. The van der Waals surface area contributed by atoms with E-state index in [-0.39, 0.29) is 5.41 Å². The summed E-state index contributed by atoms with van der Waals surface area (Å²) in [6.45, 7) is 3.80. The Balaban J connectivity index is 1.93. The summed E-state index contributed by atoms with van der Waals surface area (Å²) in [4.78, 5) is 13.9. The molecule has 1 spiro atoms. The van der Waals surface area contributed by atoms with Crippen LogP contribution in [0.5, 0.6) is 0 Å². The van der Waals surface area contributed by atoms with Crippen LogP contribution < -0.4 is 0 Å². The zero-order valence-corrected chi connectivity index (χ0v) is 12.3. The largest absolute Gasteiger partial charge is 0.342 e. The molecule has 1 aromatic rings. The molecule has 3 heteroatoms. The molecule has 1 aromatic carbocycles. The lowest BCUT2D eigenvalue weighted by atomic mass is 9.81. The van der Waals surface area contributed by atoms with E-state index < -0.39 is 0 Å². The van der Waals surface area contributed by atoms with Crippen LogP contribution in [0.15, 0.2) is 22.7 Å². The number of halogens is 1. The van der Waals surface area contributed by atoms with Crippen LogP contribution in [-0.4, -0.2) is 23.9 Å². The van der Waals surface area contributed by atoms with Gasteiger partial charge in [-0.05, 0) is 36.5 Å². The summed E-state index contributed by atoms with van der Waals surface area (Å²) in [5.74, 6) is 0.301. The number of nitrogens with zero attached hydrogens (tertiary/aromatic N) is 1. The van der Waals surface area contributed by atoms with Crippen LogP contribution in [0.25, 0.3) is 0 Å². The number of hydrogen-bond acceptors (Lipinski definition) is 1. The lowest BCUT2D eigenvalue weighted by Crippen LogP contribution is -2.32. The maximum absolute atomic E-state index is 11.8. The van der Waals surface area contributed by atoms with Gasteiger partial charge in [0.25, 0.3) is 0 Å². The van der Waals surface area contributed by atoms with Crippen molar-refractivity contribution in [3.8, 4) is 0 Å². The Bertz CT molecular complexity index is 499. The van der Waals surface area contributed by atoms with Crippen molar-refractivity contribution in [2.45, 2.75) is 38.0 Å². The third-order valence-corrected chi connectivity index (χ3v) is 5.30. The average molecular weight is 308 g/mol. The van der Waals surface area contributed by atoms with Gasteiger partial charge in [0.1, 0.15) is 0 Å². The van der Waals surface area contributed by atoms with Gasteiger partial charge in [0.2, 0.25) is 5.91 Å². The third-order valence-electron chi connectivity index (χ3n) is 4.55. The zero-order valence-electron chi connectivity index (χ0n) is 10.7. The van der Waals surface area contributed by atoms with Gasteiger partial charge in [-0.15, -0.1) is 0 Å². The summed E-state index contributed by atoms with van der Waals surface area (Å²) in [5, 5.41) is 0. The van der Waals surface area contributed by atoms with E-state index in [0.29, 0.717) is 12.3 Å². The summed E-state index contributed by atoms with van der Waals surface area (Å²) >= 11 is 3.65. The van der Waals surface area contributed by atoms with Gasteiger partial charge in [-0.2, -0.15) is 0 Å². The van der Waals surface area contributed by atoms with E-state index in [2.05, 4.69) is 39.0 Å². The molecule has 1 amide bonds. The molecule has 1 aliphatic heterocycles. The number of benzene rings is 1. The van der Waals surface area contributed by atoms with Gasteiger partial charge in [-0.3, -0.25) is 4.79 Å². The summed E-state index contributed by atoms with van der Waals surface area (Å²) < 4.78 is 1.23. The van der Waals surface area contributed by atoms with E-state index in [4.69, 9.17) is 0 Å². The Morgan fingerprint density at radius 2 is 2.28 bits per heavy atom. The van der Waals surface area contributed by atoms with Crippen LogP contribution in [0.3, 0.4) is 0 Å². The van der Waals surface area contributed by atoms with Crippen molar-refractivity contribution in [2.24, 2.45) is 0 Å². The van der Waals surface area contributed by atoms with Crippen molar-refractivity contribution >= 4 is 21.8 Å². The van der Waals surface area contributed by atoms with Gasteiger partial charge in [0.15, 0.2) is 0 Å². The van der Waals surface area contributed by atoms with Crippen LogP contribution in [0.4, 0.5) is 0 Å². The Labute approximate surface area is 116 Å². The first-order valence-corrected chi connectivity index (χ1v) is 7.51. The molecule has 1 heterocycles. The van der Waals surface area contributed by atoms with Crippen LogP contribution in [-0.2, 0) is 16.6 Å². The molecule has 96 valence electrons. The molecular formula is C15H18BrNO. The van der Waals surface area contributed by atoms with Gasteiger partial charge < -0.3 is 4.90 Å². The number of likely N-dealkylation sites (tertiary alicyclic amines) is 1. The van der Waals surface area contributed by atoms with Crippen LogP contribution in [0.1, 0.15) is 37.3 Å². The number of amides is 1. The molecule has 0 bridgehead atoms. The lowest BCUT2D eigenvalue weighted by Gasteiger charge is -2.25. The van der Waals surface area contributed by atoms with Crippen molar-refractivity contribution in [3.63, 3.8) is 0 Å². The number of rotatable bonds is 1. The maximum atomic E-state index is 11.8. The highest BCUT2D eigenvalue weighted by Crippen LogP contribution is 2.47. The second kappa shape index (κ2) is 4.37. The molecule has 1 atom stereocenters. The Morgan fingerprint density at radius 1 is 1.44 bits per heavy atom. The number of fused-ring (bicyclic) bond motifs is 2. The molecule has 0 N–H and O–H groups in total. The minimum absolute atomic E-state index is 0.240. The second-order valence-electron chi connectivity index (χ2n) is 5.47. The second-order valence-corrected chi connectivity index (χ2v) is 6.32. The summed E-state index contributed by atoms with van der Waals surface area (Å²) in [6, 6.07) is 6.51. The van der Waals surface area contributed by atoms with Crippen molar-refractivity contribution in [1.29, 1.82) is 0 Å². The number of carbonyl (C=O) groups excluding carboxylic acids is 1. The van der Waals surface area contributed by atoms with Gasteiger partial charge in [0.05, 0.1) is 0 Å². The minimum Gasteiger partial charge on any atom is -0.342 e. The summed E-state index contributed by atoms with van der Waals surface area (Å²) in [6.07, 6.45) is 4.09. The molecule has 0 saturated carbocycles. The van der Waals surface area contributed by atoms with Gasteiger partial charge in [-0.25, -0.2) is 0 Å². The van der Waals surface area contributed by atoms with Crippen LogP contribution >= 0.6 is 15.9 Å². The predicted octanol–water partition coefficient (Wildman–Crippen LogP) is 3.28. The Morgan fingerprint density at radius 3 is 3.06 bits per heavy atom. The molecule has 0 radical (unpaired) electrons. The number of hydrogen-bond donors (Lipinski definition) is 0. The van der Waals surface area contributed by atoms with Crippen molar-refractivity contribution in [3.05, 3.63) is 33.8 Å². The molecule has 3 rings (SSSR count). The molecule has 1 aliphatic carbocycles. The molecule has 1 fully saturated rings. The first-order valence-electron chi connectivity index (χ1n) is 6.72. The van der Waals surface area contributed by atoms with E-state index in [1.807, 2.05) is 6.92 Å². The smallest absolute Gasteiger partial charge is 0.222 e. The molecule has 1 saturated heterocycles. The molecule has 2 aliphatic rings. The highest BCUT2D eigenvalue weighted by atomic mass is 79.9. The Hall–Kier alpha value is -0.830. The monoisotopic (exact) mass is 307 g/mol. The Kier molecular flexibility index (Phi) is 2.97. The van der Waals surface area contributed by atoms with E-state index in [0.717, 1.165) is 25.9 Å². The fourth-order valence-corrected chi connectivity index (χ4v) is 4.11. The quantitative estimate of drug-likeness (QED) is 0.780. The van der Waals surface area contributed by atoms with Crippen LogP contribution in [0, 0.1) is 0 Å². The highest BCUT2D eigenvalue weighted by Gasteiger charge is 2.45. The SMILES string of the molecule is CCC(=O)N1CCC2(CCc3c(Br)cccc32)C1. The van der Waals surface area contributed by atoms with Gasteiger partial charge >= 0.3 is 0 Å². The first kappa shape index (κ1) is 12.2. The van der Waals surface area contributed by atoms with Gasteiger partial charge in [-0.1, -0.05) is 35.0 Å². The molecule has 1 unspecified atom stereocenters. The minimum atomic E-state index is 0.240. The van der Waals surface area contributed by atoms with E-state index >= 15 is 0 Å². The highest BCUT2D eigenvalue weighted by molar-refractivity contribution is 9.10. The summed E-state index contributed by atoms with van der Waals surface area (Å²) in [5.41, 5.74) is 3.18. The van der Waals surface area contributed by atoms with E-state index in [9.17, 15) is 4.79 Å².